The zero-order chi connectivity index (χ0) is 18.4. The van der Waals surface area contributed by atoms with Gasteiger partial charge < -0.3 is 14.6 Å². The monoisotopic (exact) mass is 433 g/mol. The number of nitrogens with one attached hydrogen (secondary N) is 1. The van der Waals surface area contributed by atoms with E-state index < -0.39 is 0 Å². The minimum Gasteiger partial charge on any atom is -0.497 e. The molecule has 0 aliphatic carbocycles. The average molecular weight is 434 g/mol. The van der Waals surface area contributed by atoms with Gasteiger partial charge in [0.2, 0.25) is 5.91 Å². The maximum absolute atomic E-state index is 12.0. The van der Waals surface area contributed by atoms with Crippen molar-refractivity contribution in [1.82, 2.24) is 10.1 Å². The summed E-state index contributed by atoms with van der Waals surface area (Å²) in [5, 5.41) is 6.79. The zero-order valence-electron chi connectivity index (χ0n) is 13.9. The molecule has 0 spiro atoms. The lowest BCUT2D eigenvalue weighted by Gasteiger charge is -2.04. The van der Waals surface area contributed by atoms with Crippen LogP contribution < -0.4 is 10.1 Å². The Morgan fingerprint density at radius 1 is 1.19 bits per heavy atom. The van der Waals surface area contributed by atoms with E-state index in [0.29, 0.717) is 23.2 Å². The highest BCUT2D eigenvalue weighted by Crippen LogP contribution is 2.22. The number of ether oxygens (including phenoxy) is 1. The summed E-state index contributed by atoms with van der Waals surface area (Å²) < 4.78 is 11.4. The van der Waals surface area contributed by atoms with Crippen molar-refractivity contribution in [2.45, 2.75) is 5.75 Å². The number of methoxy groups -OCH3 is 1. The second-order valence-corrected chi connectivity index (χ2v) is 7.19. The number of anilines is 1. The van der Waals surface area contributed by atoms with Gasteiger partial charge in [0.25, 0.3) is 5.89 Å². The second kappa shape index (κ2) is 8.86. The Bertz CT molecular complexity index is 866. The molecule has 26 heavy (non-hydrogen) atoms. The van der Waals surface area contributed by atoms with Crippen molar-refractivity contribution in [2.75, 3.05) is 18.2 Å². The van der Waals surface area contributed by atoms with Crippen LogP contribution in [0.1, 0.15) is 5.82 Å². The predicted octanol–water partition coefficient (Wildman–Crippen LogP) is 4.38. The highest BCUT2D eigenvalue weighted by molar-refractivity contribution is 9.10. The summed E-state index contributed by atoms with van der Waals surface area (Å²) in [6, 6.07) is 14.8. The number of benzene rings is 2. The van der Waals surface area contributed by atoms with E-state index in [0.717, 1.165) is 21.5 Å². The Balaban J connectivity index is 1.48. The molecular weight excluding hydrogens is 418 g/mol. The third-order valence-corrected chi connectivity index (χ3v) is 4.85. The molecule has 6 nitrogen and oxygen atoms in total. The first-order valence-corrected chi connectivity index (χ1v) is 9.69. The zero-order valence-corrected chi connectivity index (χ0v) is 16.3. The van der Waals surface area contributed by atoms with Crippen molar-refractivity contribution in [2.24, 2.45) is 0 Å². The fraction of sp³-hybridized carbons (Fsp3) is 0.167. The van der Waals surface area contributed by atoms with Gasteiger partial charge in [0.15, 0.2) is 5.82 Å². The molecule has 0 radical (unpaired) electrons. The molecule has 1 N–H and O–H groups in total. The molecule has 0 saturated carbocycles. The van der Waals surface area contributed by atoms with Crippen molar-refractivity contribution in [1.29, 1.82) is 0 Å². The van der Waals surface area contributed by atoms with Gasteiger partial charge in [-0.2, -0.15) is 4.98 Å². The molecule has 0 unspecified atom stereocenters. The normalized spacial score (nSPS) is 10.5. The number of halogens is 1. The third-order valence-electron chi connectivity index (χ3n) is 3.40. The van der Waals surface area contributed by atoms with Crippen molar-refractivity contribution in [3.63, 3.8) is 0 Å². The molecule has 8 heteroatoms. The molecule has 134 valence electrons. The molecule has 0 fully saturated rings. The van der Waals surface area contributed by atoms with E-state index in [4.69, 9.17) is 9.26 Å². The smallest absolute Gasteiger partial charge is 0.257 e. The summed E-state index contributed by atoms with van der Waals surface area (Å²) in [6.45, 7) is 0. The van der Waals surface area contributed by atoms with Gasteiger partial charge in [0, 0.05) is 15.7 Å². The van der Waals surface area contributed by atoms with Crippen molar-refractivity contribution in [3.05, 3.63) is 58.8 Å². The van der Waals surface area contributed by atoms with Crippen LogP contribution in [0.15, 0.2) is 57.5 Å². The van der Waals surface area contributed by atoms with E-state index >= 15 is 0 Å². The Morgan fingerprint density at radius 3 is 2.62 bits per heavy atom. The van der Waals surface area contributed by atoms with E-state index in [1.165, 1.54) is 11.8 Å². The quantitative estimate of drug-likeness (QED) is 0.595. The third kappa shape index (κ3) is 5.09. The number of thioether (sulfide) groups is 1. The predicted molar refractivity (Wildman–Crippen MR) is 105 cm³/mol. The maximum Gasteiger partial charge on any atom is 0.257 e. The van der Waals surface area contributed by atoms with Gasteiger partial charge in [-0.1, -0.05) is 21.1 Å². The van der Waals surface area contributed by atoms with E-state index in [1.807, 2.05) is 48.5 Å². The van der Waals surface area contributed by atoms with Gasteiger partial charge in [-0.25, -0.2) is 0 Å². The Morgan fingerprint density at radius 2 is 1.92 bits per heavy atom. The van der Waals surface area contributed by atoms with Crippen molar-refractivity contribution >= 4 is 39.3 Å². The number of rotatable bonds is 7. The van der Waals surface area contributed by atoms with Crippen LogP contribution in [-0.4, -0.2) is 28.9 Å². The van der Waals surface area contributed by atoms with Crippen LogP contribution in [0.2, 0.25) is 0 Å². The molecule has 0 atom stereocenters. The van der Waals surface area contributed by atoms with Gasteiger partial charge in [0.05, 0.1) is 18.6 Å². The number of amides is 1. The standard InChI is InChI=1S/C18H16BrN3O3S/c1-24-15-8-2-12(3-9-15)18-21-16(22-25-18)10-26-11-17(23)20-14-6-4-13(19)5-7-14/h2-9H,10-11H2,1H3,(H,20,23). The van der Waals surface area contributed by atoms with Gasteiger partial charge in [-0.3, -0.25) is 4.79 Å². The largest absolute Gasteiger partial charge is 0.497 e. The summed E-state index contributed by atoms with van der Waals surface area (Å²) in [4.78, 5) is 16.3. The van der Waals surface area contributed by atoms with Crippen LogP contribution >= 0.6 is 27.7 Å². The fourth-order valence-electron chi connectivity index (χ4n) is 2.13. The van der Waals surface area contributed by atoms with Crippen molar-refractivity contribution < 1.29 is 14.1 Å². The molecule has 0 saturated heterocycles. The maximum atomic E-state index is 12.0. The van der Waals surface area contributed by atoms with Crippen molar-refractivity contribution in [3.8, 4) is 17.2 Å². The van der Waals surface area contributed by atoms with Gasteiger partial charge in [0.1, 0.15) is 5.75 Å². The van der Waals surface area contributed by atoms with E-state index in [9.17, 15) is 4.79 Å². The first kappa shape index (κ1) is 18.5. The van der Waals surface area contributed by atoms with E-state index in [2.05, 4.69) is 31.4 Å². The van der Waals surface area contributed by atoms with E-state index in [1.54, 1.807) is 7.11 Å². The molecule has 2 aromatic carbocycles. The summed E-state index contributed by atoms with van der Waals surface area (Å²) in [5.74, 6) is 2.49. The second-order valence-electron chi connectivity index (χ2n) is 5.29. The molecule has 0 aliphatic rings. The summed E-state index contributed by atoms with van der Waals surface area (Å²) in [5.41, 5.74) is 1.59. The van der Waals surface area contributed by atoms with Crippen LogP contribution in [0.25, 0.3) is 11.5 Å². The van der Waals surface area contributed by atoms with Gasteiger partial charge in [-0.15, -0.1) is 11.8 Å². The average Bonchev–Trinajstić information content (AvgIpc) is 3.12. The lowest BCUT2D eigenvalue weighted by Crippen LogP contribution is -2.14. The SMILES string of the molecule is COc1ccc(-c2nc(CSCC(=O)Nc3ccc(Br)cc3)no2)cc1. The van der Waals surface area contributed by atoms with Gasteiger partial charge in [-0.05, 0) is 48.5 Å². The van der Waals surface area contributed by atoms with Crippen LogP contribution in [-0.2, 0) is 10.5 Å². The number of aromatic nitrogens is 2. The number of hydrogen-bond donors (Lipinski definition) is 1. The van der Waals surface area contributed by atoms with Crippen LogP contribution in [0.4, 0.5) is 5.69 Å². The lowest BCUT2D eigenvalue weighted by atomic mass is 10.2. The Hall–Kier alpha value is -2.32. The molecule has 1 amide bonds. The van der Waals surface area contributed by atoms with Crippen LogP contribution in [0.3, 0.4) is 0 Å². The summed E-state index contributed by atoms with van der Waals surface area (Å²) in [7, 11) is 1.61. The molecule has 1 aromatic heterocycles. The van der Waals surface area contributed by atoms with Crippen LogP contribution in [0, 0.1) is 0 Å². The Kier molecular flexibility index (Phi) is 6.30. The Labute approximate surface area is 163 Å². The van der Waals surface area contributed by atoms with Gasteiger partial charge >= 0.3 is 0 Å². The molecule has 0 aliphatic heterocycles. The van der Waals surface area contributed by atoms with E-state index in [-0.39, 0.29) is 5.91 Å². The number of carbonyl (C=O) groups excluding carboxylic acids is 1. The molecule has 3 rings (SSSR count). The van der Waals surface area contributed by atoms with Crippen LogP contribution in [0.5, 0.6) is 5.75 Å². The lowest BCUT2D eigenvalue weighted by molar-refractivity contribution is -0.113. The minimum atomic E-state index is -0.0730. The summed E-state index contributed by atoms with van der Waals surface area (Å²) in [6.07, 6.45) is 0. The first-order valence-electron chi connectivity index (χ1n) is 7.74. The fourth-order valence-corrected chi connectivity index (χ4v) is 3.05. The molecular formula is C18H16BrN3O3S. The summed E-state index contributed by atoms with van der Waals surface area (Å²) >= 11 is 4.78. The number of nitrogens with zero attached hydrogens (tertiary/aromatic N) is 2. The molecule has 3 aromatic rings. The topological polar surface area (TPSA) is 77.2 Å². The number of carbonyl (C=O) groups is 1. The highest BCUT2D eigenvalue weighted by atomic mass is 79.9. The minimum absolute atomic E-state index is 0.0730. The first-order chi connectivity index (χ1) is 12.6. The molecule has 0 bridgehead atoms. The highest BCUT2D eigenvalue weighted by Gasteiger charge is 2.10. The molecule has 1 heterocycles. The number of hydrogen-bond acceptors (Lipinski definition) is 6.